The average molecular weight is 530 g/mol. The Bertz CT molecular complexity index is 1480. The van der Waals surface area contributed by atoms with Gasteiger partial charge in [0, 0.05) is 43.6 Å². The highest BCUT2D eigenvalue weighted by atomic mass is 32.1. The van der Waals surface area contributed by atoms with E-state index in [0.717, 1.165) is 59.6 Å². The Hall–Kier alpha value is -3.24. The maximum Gasteiger partial charge on any atom is 0.248 e. The van der Waals surface area contributed by atoms with E-state index >= 15 is 0 Å². The van der Waals surface area contributed by atoms with Crippen molar-refractivity contribution in [3.8, 4) is 5.82 Å². The SMILES string of the molecule is Cc1nc(-n2nc(Nc3ccc(N4CCN([C@H]5C[C@]6(C)CCC5C6)CC4)cc3)nc2N)c2scc(C)c2n1. The van der Waals surface area contributed by atoms with Crippen LogP contribution in [0.1, 0.15) is 44.0 Å². The minimum Gasteiger partial charge on any atom is -0.369 e. The Morgan fingerprint density at radius 1 is 1.03 bits per heavy atom. The molecule has 9 nitrogen and oxygen atoms in total. The molecule has 0 spiro atoms. The van der Waals surface area contributed by atoms with Crippen LogP contribution >= 0.6 is 11.3 Å². The van der Waals surface area contributed by atoms with Gasteiger partial charge < -0.3 is 16.0 Å². The number of nitrogen functional groups attached to an aromatic ring is 1. The lowest BCUT2D eigenvalue weighted by molar-refractivity contribution is 0.122. The molecule has 1 unspecified atom stereocenters. The molecule has 3 aliphatic rings. The molecule has 10 heteroatoms. The van der Waals surface area contributed by atoms with Gasteiger partial charge in [-0.05, 0) is 86.1 Å². The van der Waals surface area contributed by atoms with Crippen molar-refractivity contribution in [1.29, 1.82) is 0 Å². The Labute approximate surface area is 227 Å². The van der Waals surface area contributed by atoms with Crippen molar-refractivity contribution in [3.05, 3.63) is 41.0 Å². The van der Waals surface area contributed by atoms with E-state index in [0.29, 0.717) is 23.0 Å². The lowest BCUT2D eigenvalue weighted by atomic mass is 9.84. The van der Waals surface area contributed by atoms with Gasteiger partial charge in [0.25, 0.3) is 0 Å². The van der Waals surface area contributed by atoms with Crippen molar-refractivity contribution in [2.75, 3.05) is 42.1 Å². The van der Waals surface area contributed by atoms with Crippen LogP contribution in [0.5, 0.6) is 0 Å². The molecule has 7 rings (SSSR count). The molecule has 1 saturated heterocycles. The molecule has 2 bridgehead atoms. The number of benzene rings is 1. The van der Waals surface area contributed by atoms with E-state index in [1.165, 1.54) is 31.4 Å². The second-order valence-electron chi connectivity index (χ2n) is 11.7. The van der Waals surface area contributed by atoms with Gasteiger partial charge in [-0.1, -0.05) is 6.92 Å². The zero-order chi connectivity index (χ0) is 26.0. The molecular formula is C28H35N9S. The van der Waals surface area contributed by atoms with Gasteiger partial charge in [0.05, 0.1) is 10.2 Å². The minimum absolute atomic E-state index is 0.289. The monoisotopic (exact) mass is 529 g/mol. The molecule has 4 heterocycles. The van der Waals surface area contributed by atoms with Gasteiger partial charge in [0.15, 0.2) is 5.82 Å². The van der Waals surface area contributed by atoms with Crippen LogP contribution in [-0.2, 0) is 0 Å². The van der Waals surface area contributed by atoms with E-state index in [9.17, 15) is 0 Å². The molecule has 0 amide bonds. The number of nitrogens with zero attached hydrogens (tertiary/aromatic N) is 7. The number of rotatable bonds is 5. The zero-order valence-corrected chi connectivity index (χ0v) is 23.1. The average Bonchev–Trinajstić information content (AvgIpc) is 3.67. The standard InChI is InChI=1S/C28H35N9S/c1-17-16-38-24-23(17)30-18(2)31-25(24)37-26(29)33-27(34-37)32-20-4-6-21(7-5-20)35-10-12-36(13-11-35)22-15-28(3)9-8-19(22)14-28/h4-7,16,19,22H,8-15H2,1-3H3,(H3,29,32,33,34)/t19?,22-,28+/m0/s1. The topological polar surface area (TPSA) is 101 Å². The molecule has 2 aliphatic carbocycles. The molecule has 3 fully saturated rings. The lowest BCUT2D eigenvalue weighted by Crippen LogP contribution is -2.52. The van der Waals surface area contributed by atoms with Crippen LogP contribution in [0, 0.1) is 25.2 Å². The molecule has 3 atom stereocenters. The smallest absolute Gasteiger partial charge is 0.248 e. The van der Waals surface area contributed by atoms with Crippen molar-refractivity contribution in [3.63, 3.8) is 0 Å². The molecule has 1 aromatic carbocycles. The number of nitrogens with one attached hydrogen (secondary N) is 1. The number of aromatic nitrogens is 5. The van der Waals surface area contributed by atoms with Crippen molar-refractivity contribution >= 4 is 44.8 Å². The van der Waals surface area contributed by atoms with Gasteiger partial charge in [-0.3, -0.25) is 4.90 Å². The third-order valence-corrected chi connectivity index (χ3v) is 9.99. The Kier molecular flexibility index (Phi) is 5.59. The van der Waals surface area contributed by atoms with E-state index in [4.69, 9.17) is 5.73 Å². The Morgan fingerprint density at radius 3 is 2.53 bits per heavy atom. The largest absolute Gasteiger partial charge is 0.369 e. The summed E-state index contributed by atoms with van der Waals surface area (Å²) in [6.07, 6.45) is 5.73. The van der Waals surface area contributed by atoms with Crippen LogP contribution in [-0.4, -0.2) is 61.9 Å². The summed E-state index contributed by atoms with van der Waals surface area (Å²) in [5, 5.41) is 10.0. The predicted octanol–water partition coefficient (Wildman–Crippen LogP) is 4.92. The quantitative estimate of drug-likeness (QED) is 0.376. The van der Waals surface area contributed by atoms with Gasteiger partial charge in [-0.15, -0.1) is 16.4 Å². The summed E-state index contributed by atoms with van der Waals surface area (Å²) in [6.45, 7) is 10.9. The van der Waals surface area contributed by atoms with Crippen LogP contribution in [0.4, 0.5) is 23.3 Å². The van der Waals surface area contributed by atoms with Crippen molar-refractivity contribution in [2.24, 2.45) is 11.3 Å². The third kappa shape index (κ3) is 4.10. The van der Waals surface area contributed by atoms with E-state index in [1.807, 2.05) is 6.92 Å². The number of nitrogens with two attached hydrogens (primary N) is 1. The number of anilines is 4. The second kappa shape index (κ2) is 8.91. The Morgan fingerprint density at radius 2 is 1.82 bits per heavy atom. The van der Waals surface area contributed by atoms with Crippen LogP contribution in [0.25, 0.3) is 16.0 Å². The summed E-state index contributed by atoms with van der Waals surface area (Å²) >= 11 is 1.59. The maximum atomic E-state index is 6.26. The fraction of sp³-hybridized carbons (Fsp3) is 0.500. The summed E-state index contributed by atoms with van der Waals surface area (Å²) in [6, 6.07) is 9.36. The van der Waals surface area contributed by atoms with Crippen LogP contribution in [0.15, 0.2) is 29.6 Å². The van der Waals surface area contributed by atoms with E-state index in [1.54, 1.807) is 16.0 Å². The second-order valence-corrected chi connectivity index (χ2v) is 12.6. The van der Waals surface area contributed by atoms with Gasteiger partial charge in [-0.25, -0.2) is 9.97 Å². The van der Waals surface area contributed by atoms with Gasteiger partial charge >= 0.3 is 0 Å². The van der Waals surface area contributed by atoms with Crippen LogP contribution < -0.4 is 16.0 Å². The lowest BCUT2D eigenvalue weighted by Gasteiger charge is -2.42. The number of hydrogen-bond acceptors (Lipinski definition) is 9. The van der Waals surface area contributed by atoms with Crippen LogP contribution in [0.3, 0.4) is 0 Å². The third-order valence-electron chi connectivity index (χ3n) is 8.91. The van der Waals surface area contributed by atoms with Gasteiger partial charge in [0.1, 0.15) is 5.82 Å². The Balaban J connectivity index is 1.02. The fourth-order valence-corrected chi connectivity index (χ4v) is 7.95. The van der Waals surface area contributed by atoms with Crippen molar-refractivity contribution < 1.29 is 0 Å². The highest BCUT2D eigenvalue weighted by Gasteiger charge is 2.49. The van der Waals surface area contributed by atoms with Crippen molar-refractivity contribution in [2.45, 2.75) is 52.5 Å². The normalized spacial score (nSPS) is 25.5. The van der Waals surface area contributed by atoms with Crippen LogP contribution in [0.2, 0.25) is 0 Å². The molecular weight excluding hydrogens is 494 g/mol. The summed E-state index contributed by atoms with van der Waals surface area (Å²) in [7, 11) is 0. The molecule has 0 radical (unpaired) electrons. The highest BCUT2D eigenvalue weighted by molar-refractivity contribution is 7.17. The summed E-state index contributed by atoms with van der Waals surface area (Å²) < 4.78 is 2.55. The first kappa shape index (κ1) is 23.8. The highest BCUT2D eigenvalue weighted by Crippen LogP contribution is 2.55. The van der Waals surface area contributed by atoms with E-state index < -0.39 is 0 Å². The number of aryl methyl sites for hydroxylation is 2. The van der Waals surface area contributed by atoms with Gasteiger partial charge in [-0.2, -0.15) is 9.67 Å². The zero-order valence-electron chi connectivity index (χ0n) is 22.3. The summed E-state index contributed by atoms with van der Waals surface area (Å²) in [4.78, 5) is 18.9. The molecule has 2 saturated carbocycles. The molecule has 38 heavy (non-hydrogen) atoms. The van der Waals surface area contributed by atoms with E-state index in [2.05, 4.69) is 78.7 Å². The maximum absolute atomic E-state index is 6.26. The summed E-state index contributed by atoms with van der Waals surface area (Å²) in [5.41, 5.74) is 11.1. The first-order valence-corrected chi connectivity index (χ1v) is 14.5. The first-order valence-electron chi connectivity index (χ1n) is 13.7. The number of piperazine rings is 1. The first-order chi connectivity index (χ1) is 18.3. The number of hydrogen-bond donors (Lipinski definition) is 2. The van der Waals surface area contributed by atoms with Gasteiger partial charge in [0.2, 0.25) is 11.9 Å². The molecule has 1 aliphatic heterocycles. The minimum atomic E-state index is 0.289. The van der Waals surface area contributed by atoms with Crippen molar-refractivity contribution in [1.82, 2.24) is 29.6 Å². The molecule has 3 N–H and O–H groups in total. The molecule has 3 aromatic heterocycles. The summed E-state index contributed by atoms with van der Waals surface area (Å²) in [5.74, 6) is 3.01. The number of fused-ring (bicyclic) bond motifs is 3. The number of thiophene rings is 1. The molecule has 4 aromatic rings. The van der Waals surface area contributed by atoms with E-state index in [-0.39, 0.29) is 5.95 Å². The predicted molar refractivity (Wildman–Crippen MR) is 154 cm³/mol. The molecule has 198 valence electrons. The fourth-order valence-electron chi connectivity index (χ4n) is 6.98.